The van der Waals surface area contributed by atoms with Crippen LogP contribution in [0.25, 0.3) is 0 Å². The number of hydrogen-bond donors (Lipinski definition) is 1. The maximum atomic E-state index is 10.2. The highest BCUT2D eigenvalue weighted by molar-refractivity contribution is 5.66. The Labute approximate surface area is 149 Å². The van der Waals surface area contributed by atoms with E-state index in [0.29, 0.717) is 12.2 Å². The van der Waals surface area contributed by atoms with Crippen molar-refractivity contribution >= 4 is 5.97 Å². The average Bonchev–Trinajstić information content (AvgIpc) is 2.54. The van der Waals surface area contributed by atoms with Crippen molar-refractivity contribution in [3.05, 3.63) is 0 Å². The quantitative estimate of drug-likeness (QED) is 0.744. The average molecular weight is 349 g/mol. The molecule has 24 heavy (non-hydrogen) atoms. The molecule has 4 atom stereocenters. The minimum atomic E-state index is -0.195. The number of hydrogen-bond acceptors (Lipinski definition) is 5. The van der Waals surface area contributed by atoms with Crippen molar-refractivity contribution in [2.45, 2.75) is 118 Å². The second-order valence-corrected chi connectivity index (χ2v) is 6.22. The van der Waals surface area contributed by atoms with Crippen molar-refractivity contribution in [2.24, 2.45) is 0 Å². The van der Waals surface area contributed by atoms with Crippen LogP contribution in [0.5, 0.6) is 0 Å². The lowest BCUT2D eigenvalue weighted by Crippen LogP contribution is -2.35. The lowest BCUT2D eigenvalue weighted by atomic mass is 10.1. The summed E-state index contributed by atoms with van der Waals surface area (Å²) < 4.78 is 15.9. The van der Waals surface area contributed by atoms with E-state index >= 15 is 0 Å². The van der Waals surface area contributed by atoms with Crippen LogP contribution < -0.4 is 0 Å². The van der Waals surface area contributed by atoms with Gasteiger partial charge in [-0.1, -0.05) is 27.7 Å². The van der Waals surface area contributed by atoms with Crippen LogP contribution in [0, 0.1) is 0 Å². The van der Waals surface area contributed by atoms with Crippen LogP contribution in [0.2, 0.25) is 0 Å². The Balaban J connectivity index is 0. The maximum Gasteiger partial charge on any atom is 0.302 e. The summed E-state index contributed by atoms with van der Waals surface area (Å²) in [5, 5.41) is 8.36. The summed E-state index contributed by atoms with van der Waals surface area (Å²) in [6, 6.07) is 0. The second kappa shape index (κ2) is 15.9. The molecule has 1 saturated heterocycles. The Kier molecular flexibility index (Phi) is 16.9. The first-order chi connectivity index (χ1) is 11.2. The van der Waals surface area contributed by atoms with Crippen LogP contribution in [-0.2, 0) is 19.0 Å². The van der Waals surface area contributed by atoms with E-state index in [9.17, 15) is 4.79 Å². The molecular formula is C19H40O5. The Morgan fingerprint density at radius 3 is 1.71 bits per heavy atom. The zero-order valence-electron chi connectivity index (χ0n) is 17.0. The molecule has 1 N–H and O–H groups in total. The van der Waals surface area contributed by atoms with E-state index in [1.165, 1.54) is 6.92 Å². The standard InChI is InChI=1S/C9H18O2.C6H12O2.C4H10O/c1-4-8-6-9(5-2)11-7(3)10-8;1-4-5(2)8-6(3)7;1-3-4(2)5/h7-9H,4-6H2,1-3H3;5H,4H2,1-3H3;4-5H,3H2,1-2H3. The van der Waals surface area contributed by atoms with Crippen molar-refractivity contribution in [2.75, 3.05) is 0 Å². The van der Waals surface area contributed by atoms with E-state index in [-0.39, 0.29) is 24.5 Å². The molecule has 0 saturated carbocycles. The van der Waals surface area contributed by atoms with Gasteiger partial charge in [-0.05, 0) is 52.9 Å². The Bertz CT molecular complexity index is 281. The highest BCUT2D eigenvalue weighted by atomic mass is 16.7. The molecule has 1 rings (SSSR count). The molecule has 5 nitrogen and oxygen atoms in total. The highest BCUT2D eigenvalue weighted by Crippen LogP contribution is 2.21. The number of esters is 1. The van der Waals surface area contributed by atoms with Crippen LogP contribution >= 0.6 is 0 Å². The van der Waals surface area contributed by atoms with Crippen LogP contribution in [-0.4, -0.2) is 41.8 Å². The van der Waals surface area contributed by atoms with E-state index in [1.54, 1.807) is 6.92 Å². The van der Waals surface area contributed by atoms with E-state index in [4.69, 9.17) is 19.3 Å². The van der Waals surface area contributed by atoms with Gasteiger partial charge in [0, 0.05) is 6.92 Å². The molecule has 0 aromatic heterocycles. The van der Waals surface area contributed by atoms with E-state index in [0.717, 1.165) is 32.1 Å². The van der Waals surface area contributed by atoms with Crippen molar-refractivity contribution in [3.63, 3.8) is 0 Å². The number of carbonyl (C=O) groups is 1. The summed E-state index contributed by atoms with van der Waals surface area (Å²) >= 11 is 0. The zero-order chi connectivity index (χ0) is 19.1. The van der Waals surface area contributed by atoms with Crippen molar-refractivity contribution in [3.8, 4) is 0 Å². The van der Waals surface area contributed by atoms with E-state index in [1.807, 2.05) is 27.7 Å². The zero-order valence-corrected chi connectivity index (χ0v) is 17.0. The van der Waals surface area contributed by atoms with Gasteiger partial charge in [-0.15, -0.1) is 0 Å². The molecule has 4 unspecified atom stereocenters. The SMILES string of the molecule is CCC(C)O.CCC(C)OC(C)=O.CCC1CC(CC)OC(C)O1. The van der Waals surface area contributed by atoms with Gasteiger partial charge in [-0.25, -0.2) is 0 Å². The number of carbonyl (C=O) groups excluding carboxylic acids is 1. The molecule has 0 spiro atoms. The first kappa shape index (κ1) is 25.6. The normalized spacial score (nSPS) is 25.3. The fourth-order valence-electron chi connectivity index (χ4n) is 1.87. The number of aliphatic hydroxyl groups excluding tert-OH is 1. The minimum Gasteiger partial charge on any atom is -0.463 e. The molecule has 0 aliphatic carbocycles. The van der Waals surface area contributed by atoms with Crippen LogP contribution in [0.15, 0.2) is 0 Å². The first-order valence-electron chi connectivity index (χ1n) is 9.35. The Morgan fingerprint density at radius 2 is 1.50 bits per heavy atom. The van der Waals surface area contributed by atoms with Crippen molar-refractivity contribution in [1.29, 1.82) is 0 Å². The van der Waals surface area contributed by atoms with E-state index in [2.05, 4.69) is 13.8 Å². The molecule has 0 radical (unpaired) electrons. The molecule has 1 fully saturated rings. The smallest absolute Gasteiger partial charge is 0.302 e. The molecule has 0 amide bonds. The van der Waals surface area contributed by atoms with Crippen LogP contribution in [0.3, 0.4) is 0 Å². The summed E-state index contributed by atoms with van der Waals surface area (Å²) in [5.74, 6) is -0.195. The molecule has 5 heteroatoms. The fraction of sp³-hybridized carbons (Fsp3) is 0.947. The van der Waals surface area contributed by atoms with E-state index < -0.39 is 0 Å². The second-order valence-electron chi connectivity index (χ2n) is 6.22. The molecule has 0 aromatic rings. The first-order valence-corrected chi connectivity index (χ1v) is 9.35. The number of aliphatic hydroxyl groups is 1. The summed E-state index contributed by atoms with van der Waals surface area (Å²) in [4.78, 5) is 10.2. The van der Waals surface area contributed by atoms with Crippen LogP contribution in [0.1, 0.15) is 87.5 Å². The van der Waals surface area contributed by atoms with Gasteiger partial charge in [0.1, 0.15) is 0 Å². The third-order valence-electron chi connectivity index (χ3n) is 3.74. The summed E-state index contributed by atoms with van der Waals surface area (Å²) in [7, 11) is 0. The molecule has 1 aliphatic rings. The maximum absolute atomic E-state index is 10.2. The molecule has 0 aromatic carbocycles. The van der Waals surface area contributed by atoms with Crippen molar-refractivity contribution < 1.29 is 24.1 Å². The third-order valence-corrected chi connectivity index (χ3v) is 3.74. The van der Waals surface area contributed by atoms with Gasteiger partial charge in [0.15, 0.2) is 6.29 Å². The Morgan fingerprint density at radius 1 is 1.08 bits per heavy atom. The van der Waals surface area contributed by atoms with Gasteiger partial charge in [0.2, 0.25) is 0 Å². The summed E-state index contributed by atoms with van der Waals surface area (Å²) in [5.41, 5.74) is 0. The molecule has 146 valence electrons. The summed E-state index contributed by atoms with van der Waals surface area (Å²) in [6.45, 7) is 15.3. The highest BCUT2D eigenvalue weighted by Gasteiger charge is 2.24. The van der Waals surface area contributed by atoms with Crippen molar-refractivity contribution in [1.82, 2.24) is 0 Å². The number of rotatable bonds is 5. The van der Waals surface area contributed by atoms with Gasteiger partial charge in [0.25, 0.3) is 0 Å². The van der Waals surface area contributed by atoms with Gasteiger partial charge >= 0.3 is 5.97 Å². The molecule has 1 heterocycles. The minimum absolute atomic E-state index is 0.00125. The fourth-order valence-corrected chi connectivity index (χ4v) is 1.87. The van der Waals surface area contributed by atoms with Gasteiger partial charge in [-0.2, -0.15) is 0 Å². The molecule has 1 aliphatic heterocycles. The number of ether oxygens (including phenoxy) is 3. The predicted octanol–water partition coefficient (Wildman–Crippen LogP) is 4.45. The van der Waals surface area contributed by atoms with Gasteiger partial charge < -0.3 is 19.3 Å². The Hall–Kier alpha value is -0.650. The van der Waals surface area contributed by atoms with Crippen LogP contribution in [0.4, 0.5) is 0 Å². The lowest BCUT2D eigenvalue weighted by Gasteiger charge is -2.33. The largest absolute Gasteiger partial charge is 0.463 e. The third kappa shape index (κ3) is 16.2. The van der Waals surface area contributed by atoms with Gasteiger partial charge in [-0.3, -0.25) is 4.79 Å². The predicted molar refractivity (Wildman–Crippen MR) is 97.9 cm³/mol. The monoisotopic (exact) mass is 348 g/mol. The summed E-state index contributed by atoms with van der Waals surface area (Å²) in [6.07, 6.45) is 5.82. The molecule has 0 bridgehead atoms. The topological polar surface area (TPSA) is 65.0 Å². The molecular weight excluding hydrogens is 308 g/mol. The lowest BCUT2D eigenvalue weighted by molar-refractivity contribution is -0.234. The van der Waals surface area contributed by atoms with Gasteiger partial charge in [0.05, 0.1) is 24.4 Å².